The molecular formula is C17H24N6O2. The molecule has 2 fully saturated rings. The van der Waals surface area contributed by atoms with E-state index in [-0.39, 0.29) is 5.91 Å². The Morgan fingerprint density at radius 3 is 2.96 bits per heavy atom. The molecule has 1 atom stereocenters. The number of aliphatic hydroxyl groups is 1. The standard InChI is InChI=1S/C17H24N6O2/c24-15-9-21(11-16-19-3-4-23(16)14-1-2-14)5-6-22(10-15)17(25)7-13-8-18-12-20-13/h3-4,8,12,14-15,24H,1-2,5-7,9-11H2,(H,18,20)/t15-/m0/s1. The average Bonchev–Trinajstić information content (AvgIpc) is 3.17. The minimum Gasteiger partial charge on any atom is -0.390 e. The Bertz CT molecular complexity index is 709. The van der Waals surface area contributed by atoms with Crippen molar-refractivity contribution in [1.82, 2.24) is 29.3 Å². The fourth-order valence-electron chi connectivity index (χ4n) is 3.43. The van der Waals surface area contributed by atoms with Gasteiger partial charge in [-0.05, 0) is 12.8 Å². The van der Waals surface area contributed by atoms with Gasteiger partial charge in [-0.15, -0.1) is 0 Å². The lowest BCUT2D eigenvalue weighted by Crippen LogP contribution is -2.38. The third kappa shape index (κ3) is 3.91. The van der Waals surface area contributed by atoms with Crippen LogP contribution in [0.1, 0.15) is 30.4 Å². The molecule has 1 amide bonds. The number of aliphatic hydroxyl groups excluding tert-OH is 1. The Labute approximate surface area is 146 Å². The van der Waals surface area contributed by atoms with E-state index in [2.05, 4.69) is 24.4 Å². The summed E-state index contributed by atoms with van der Waals surface area (Å²) in [6, 6.07) is 0.599. The van der Waals surface area contributed by atoms with Gasteiger partial charge in [-0.3, -0.25) is 9.69 Å². The molecule has 0 aromatic carbocycles. The van der Waals surface area contributed by atoms with Crippen molar-refractivity contribution in [3.8, 4) is 0 Å². The summed E-state index contributed by atoms with van der Waals surface area (Å²) >= 11 is 0. The molecule has 0 radical (unpaired) electrons. The van der Waals surface area contributed by atoms with Crippen LogP contribution in [0.15, 0.2) is 24.9 Å². The van der Waals surface area contributed by atoms with Gasteiger partial charge in [0.15, 0.2) is 0 Å². The first kappa shape index (κ1) is 16.3. The van der Waals surface area contributed by atoms with E-state index in [0.717, 1.165) is 18.1 Å². The molecule has 2 aromatic rings. The van der Waals surface area contributed by atoms with E-state index in [4.69, 9.17) is 0 Å². The minimum absolute atomic E-state index is 0.0182. The molecular weight excluding hydrogens is 320 g/mol. The second-order valence-electron chi connectivity index (χ2n) is 6.96. The van der Waals surface area contributed by atoms with Crippen LogP contribution < -0.4 is 0 Å². The predicted octanol–water partition coefficient (Wildman–Crippen LogP) is 0.189. The highest BCUT2D eigenvalue weighted by atomic mass is 16.3. The van der Waals surface area contributed by atoms with Crippen LogP contribution in [0.5, 0.6) is 0 Å². The highest BCUT2D eigenvalue weighted by Gasteiger charge is 2.28. The second kappa shape index (κ2) is 6.97. The van der Waals surface area contributed by atoms with Crippen LogP contribution in [0.3, 0.4) is 0 Å². The van der Waals surface area contributed by atoms with E-state index < -0.39 is 6.10 Å². The number of carbonyl (C=O) groups is 1. The monoisotopic (exact) mass is 344 g/mol. The molecule has 134 valence electrons. The summed E-state index contributed by atoms with van der Waals surface area (Å²) in [5.74, 6) is 1.07. The molecule has 3 heterocycles. The fourth-order valence-corrected chi connectivity index (χ4v) is 3.43. The van der Waals surface area contributed by atoms with Gasteiger partial charge in [-0.2, -0.15) is 0 Å². The Kier molecular flexibility index (Phi) is 4.54. The molecule has 1 saturated carbocycles. The van der Waals surface area contributed by atoms with Gasteiger partial charge in [0.2, 0.25) is 5.91 Å². The SMILES string of the molecule is O=C(Cc1cnc[nH]1)N1CCN(Cc2nccn2C2CC2)C[C@H](O)C1. The molecule has 2 aliphatic rings. The zero-order chi connectivity index (χ0) is 17.2. The van der Waals surface area contributed by atoms with E-state index in [0.29, 0.717) is 38.6 Å². The number of aromatic amines is 1. The molecule has 1 saturated heterocycles. The molecule has 1 aliphatic carbocycles. The van der Waals surface area contributed by atoms with Gasteiger partial charge in [0.25, 0.3) is 0 Å². The quantitative estimate of drug-likeness (QED) is 0.808. The van der Waals surface area contributed by atoms with Gasteiger partial charge < -0.3 is 19.6 Å². The Balaban J connectivity index is 1.37. The molecule has 0 spiro atoms. The topological polar surface area (TPSA) is 90.3 Å². The summed E-state index contributed by atoms with van der Waals surface area (Å²) in [4.78, 5) is 27.8. The van der Waals surface area contributed by atoms with Crippen LogP contribution in [0.25, 0.3) is 0 Å². The number of hydrogen-bond acceptors (Lipinski definition) is 5. The number of rotatable bonds is 5. The van der Waals surface area contributed by atoms with Gasteiger partial charge in [0.1, 0.15) is 5.82 Å². The van der Waals surface area contributed by atoms with Crippen molar-refractivity contribution in [2.24, 2.45) is 0 Å². The maximum atomic E-state index is 12.5. The maximum absolute atomic E-state index is 12.5. The fraction of sp³-hybridized carbons (Fsp3) is 0.588. The highest BCUT2D eigenvalue weighted by molar-refractivity contribution is 5.78. The molecule has 2 aromatic heterocycles. The van der Waals surface area contributed by atoms with Crippen molar-refractivity contribution in [3.63, 3.8) is 0 Å². The Morgan fingerprint density at radius 2 is 2.20 bits per heavy atom. The van der Waals surface area contributed by atoms with Crippen LogP contribution in [-0.2, 0) is 17.8 Å². The van der Waals surface area contributed by atoms with Crippen molar-refractivity contribution >= 4 is 5.91 Å². The largest absolute Gasteiger partial charge is 0.390 e. The highest BCUT2D eigenvalue weighted by Crippen LogP contribution is 2.35. The lowest BCUT2D eigenvalue weighted by Gasteiger charge is -2.21. The van der Waals surface area contributed by atoms with E-state index in [1.54, 1.807) is 17.4 Å². The molecule has 0 unspecified atom stereocenters. The molecule has 2 N–H and O–H groups in total. The number of nitrogens with zero attached hydrogens (tertiary/aromatic N) is 5. The van der Waals surface area contributed by atoms with Crippen molar-refractivity contribution in [2.75, 3.05) is 26.2 Å². The number of amides is 1. The summed E-state index contributed by atoms with van der Waals surface area (Å²) in [6.45, 7) is 3.01. The van der Waals surface area contributed by atoms with Gasteiger partial charge in [-0.25, -0.2) is 9.97 Å². The molecule has 1 aliphatic heterocycles. The molecule has 25 heavy (non-hydrogen) atoms. The summed E-state index contributed by atoms with van der Waals surface area (Å²) in [7, 11) is 0. The number of hydrogen-bond donors (Lipinski definition) is 2. The van der Waals surface area contributed by atoms with Crippen molar-refractivity contribution < 1.29 is 9.90 Å². The van der Waals surface area contributed by atoms with Crippen LogP contribution in [-0.4, -0.2) is 72.6 Å². The smallest absolute Gasteiger partial charge is 0.228 e. The maximum Gasteiger partial charge on any atom is 0.228 e. The first-order valence-electron chi connectivity index (χ1n) is 8.86. The predicted molar refractivity (Wildman–Crippen MR) is 90.7 cm³/mol. The van der Waals surface area contributed by atoms with Crippen molar-refractivity contribution in [2.45, 2.75) is 38.0 Å². The minimum atomic E-state index is -0.544. The van der Waals surface area contributed by atoms with Gasteiger partial charge in [-0.1, -0.05) is 0 Å². The Morgan fingerprint density at radius 1 is 1.32 bits per heavy atom. The van der Waals surface area contributed by atoms with E-state index >= 15 is 0 Å². The first-order valence-corrected chi connectivity index (χ1v) is 8.86. The second-order valence-corrected chi connectivity index (χ2v) is 6.96. The van der Waals surface area contributed by atoms with Crippen molar-refractivity contribution in [3.05, 3.63) is 36.4 Å². The number of imidazole rings is 2. The lowest BCUT2D eigenvalue weighted by atomic mass is 10.2. The zero-order valence-electron chi connectivity index (χ0n) is 14.2. The summed E-state index contributed by atoms with van der Waals surface area (Å²) < 4.78 is 2.25. The summed E-state index contributed by atoms with van der Waals surface area (Å²) in [5, 5.41) is 10.3. The number of aromatic nitrogens is 4. The normalized spacial score (nSPS) is 22.1. The van der Waals surface area contributed by atoms with Crippen LogP contribution in [0.4, 0.5) is 0 Å². The number of β-amino-alcohol motifs (C(OH)–C–C–N with tert-alkyl or cyclic N) is 1. The summed E-state index contributed by atoms with van der Waals surface area (Å²) in [5.41, 5.74) is 0.798. The first-order chi connectivity index (χ1) is 12.2. The van der Waals surface area contributed by atoms with Crippen LogP contribution >= 0.6 is 0 Å². The molecule has 0 bridgehead atoms. The lowest BCUT2D eigenvalue weighted by molar-refractivity contribution is -0.131. The molecule has 8 nitrogen and oxygen atoms in total. The van der Waals surface area contributed by atoms with Gasteiger partial charge >= 0.3 is 0 Å². The third-order valence-electron chi connectivity index (χ3n) is 4.89. The molecule has 4 rings (SSSR count). The van der Waals surface area contributed by atoms with Crippen LogP contribution in [0, 0.1) is 0 Å². The van der Waals surface area contributed by atoms with Gasteiger partial charge in [0, 0.05) is 56.5 Å². The van der Waals surface area contributed by atoms with E-state index in [1.807, 2.05) is 12.4 Å². The van der Waals surface area contributed by atoms with Crippen molar-refractivity contribution in [1.29, 1.82) is 0 Å². The summed E-state index contributed by atoms with van der Waals surface area (Å²) in [6.07, 6.45) is 9.32. The number of nitrogens with one attached hydrogen (secondary N) is 1. The zero-order valence-corrected chi connectivity index (χ0v) is 14.2. The number of carbonyl (C=O) groups excluding carboxylic acids is 1. The Hall–Kier alpha value is -2.19. The third-order valence-corrected chi connectivity index (χ3v) is 4.89. The number of H-pyrrole nitrogens is 1. The average molecular weight is 344 g/mol. The van der Waals surface area contributed by atoms with E-state index in [1.165, 1.54) is 12.8 Å². The van der Waals surface area contributed by atoms with Crippen LogP contribution in [0.2, 0.25) is 0 Å². The van der Waals surface area contributed by atoms with Gasteiger partial charge in [0.05, 0.1) is 25.4 Å². The van der Waals surface area contributed by atoms with E-state index in [9.17, 15) is 9.90 Å². The molecule has 8 heteroatoms.